The van der Waals surface area contributed by atoms with E-state index in [1.807, 2.05) is 31.2 Å². The number of hydrogen-bond donors (Lipinski definition) is 1. The Morgan fingerprint density at radius 2 is 1.83 bits per heavy atom. The Morgan fingerprint density at radius 3 is 2.57 bits per heavy atom. The molecular formula is C25H18BrN3O6. The number of ether oxygens (including phenoxy) is 1. The highest BCUT2D eigenvalue weighted by atomic mass is 79.9. The van der Waals surface area contributed by atoms with Crippen molar-refractivity contribution in [3.63, 3.8) is 0 Å². The summed E-state index contributed by atoms with van der Waals surface area (Å²) in [5.41, 5.74) is 1.79. The molecule has 0 saturated carbocycles. The number of non-ortho nitro benzene ring substituents is 1. The van der Waals surface area contributed by atoms with E-state index in [1.165, 1.54) is 24.3 Å². The fourth-order valence-corrected chi connectivity index (χ4v) is 3.90. The fourth-order valence-electron chi connectivity index (χ4n) is 3.52. The van der Waals surface area contributed by atoms with Gasteiger partial charge in [0.25, 0.3) is 17.5 Å². The van der Waals surface area contributed by atoms with Crippen LogP contribution in [0.15, 0.2) is 76.8 Å². The normalized spacial score (nSPS) is 14.7. The van der Waals surface area contributed by atoms with Crippen LogP contribution in [0, 0.1) is 17.0 Å². The molecule has 0 aliphatic carbocycles. The molecular weight excluding hydrogens is 518 g/mol. The zero-order chi connectivity index (χ0) is 25.1. The minimum Gasteiger partial charge on any atom is -0.488 e. The zero-order valence-corrected chi connectivity index (χ0v) is 19.9. The van der Waals surface area contributed by atoms with E-state index in [0.29, 0.717) is 20.7 Å². The van der Waals surface area contributed by atoms with E-state index in [4.69, 9.17) is 4.74 Å². The van der Waals surface area contributed by atoms with Crippen molar-refractivity contribution in [2.75, 3.05) is 4.90 Å². The van der Waals surface area contributed by atoms with Gasteiger partial charge in [-0.15, -0.1) is 0 Å². The monoisotopic (exact) mass is 535 g/mol. The lowest BCUT2D eigenvalue weighted by atomic mass is 10.1. The van der Waals surface area contributed by atoms with Crippen LogP contribution in [-0.2, 0) is 16.2 Å². The number of hydrogen-bond acceptors (Lipinski definition) is 6. The zero-order valence-electron chi connectivity index (χ0n) is 18.4. The Morgan fingerprint density at radius 1 is 1.06 bits per heavy atom. The number of nitrogens with one attached hydrogen (secondary N) is 1. The number of aryl methyl sites for hydroxylation is 1. The summed E-state index contributed by atoms with van der Waals surface area (Å²) in [5, 5.41) is 13.2. The maximum Gasteiger partial charge on any atom is 0.335 e. The molecule has 176 valence electrons. The van der Waals surface area contributed by atoms with Crippen LogP contribution in [0.1, 0.15) is 16.7 Å². The highest BCUT2D eigenvalue weighted by molar-refractivity contribution is 9.10. The Labute approximate surface area is 208 Å². The molecule has 10 heteroatoms. The van der Waals surface area contributed by atoms with E-state index in [0.717, 1.165) is 17.2 Å². The number of rotatable bonds is 6. The predicted molar refractivity (Wildman–Crippen MR) is 132 cm³/mol. The molecule has 3 aromatic carbocycles. The Hall–Kier alpha value is -4.31. The van der Waals surface area contributed by atoms with Crippen molar-refractivity contribution < 1.29 is 24.0 Å². The molecule has 0 unspecified atom stereocenters. The summed E-state index contributed by atoms with van der Waals surface area (Å²) >= 11 is 3.38. The smallest absolute Gasteiger partial charge is 0.335 e. The molecule has 0 radical (unpaired) electrons. The van der Waals surface area contributed by atoms with Crippen LogP contribution >= 0.6 is 15.9 Å². The summed E-state index contributed by atoms with van der Waals surface area (Å²) in [5.74, 6) is -1.38. The number of benzene rings is 3. The first-order valence-electron chi connectivity index (χ1n) is 10.4. The third-order valence-corrected chi connectivity index (χ3v) is 5.64. The first kappa shape index (κ1) is 23.8. The number of halogens is 1. The molecule has 1 aliphatic rings. The van der Waals surface area contributed by atoms with Crippen LogP contribution in [-0.4, -0.2) is 22.8 Å². The number of carbonyl (C=O) groups excluding carboxylic acids is 3. The molecule has 1 heterocycles. The summed E-state index contributed by atoms with van der Waals surface area (Å²) in [7, 11) is 0. The predicted octanol–water partition coefficient (Wildman–Crippen LogP) is 4.91. The first-order chi connectivity index (χ1) is 16.7. The lowest BCUT2D eigenvalue weighted by Crippen LogP contribution is -2.54. The fraction of sp³-hybridized carbons (Fsp3) is 0.0800. The van der Waals surface area contributed by atoms with Gasteiger partial charge in [-0.2, -0.15) is 0 Å². The topological polar surface area (TPSA) is 119 Å². The largest absolute Gasteiger partial charge is 0.488 e. The average Bonchev–Trinajstić information content (AvgIpc) is 2.81. The molecule has 0 aromatic heterocycles. The maximum atomic E-state index is 13.2. The number of amides is 4. The number of anilines is 1. The molecule has 4 amide bonds. The van der Waals surface area contributed by atoms with Crippen LogP contribution in [0.25, 0.3) is 6.08 Å². The van der Waals surface area contributed by atoms with Crippen LogP contribution in [0.2, 0.25) is 0 Å². The van der Waals surface area contributed by atoms with E-state index in [9.17, 15) is 24.5 Å². The van der Waals surface area contributed by atoms with Gasteiger partial charge in [-0.3, -0.25) is 25.0 Å². The van der Waals surface area contributed by atoms with Gasteiger partial charge in [0.1, 0.15) is 17.9 Å². The van der Waals surface area contributed by atoms with Gasteiger partial charge in [0.15, 0.2) is 0 Å². The van der Waals surface area contributed by atoms with Crippen LogP contribution in [0.5, 0.6) is 5.75 Å². The third kappa shape index (κ3) is 5.28. The van der Waals surface area contributed by atoms with Gasteiger partial charge < -0.3 is 4.74 Å². The number of urea groups is 1. The highest BCUT2D eigenvalue weighted by Crippen LogP contribution is 2.29. The minimum absolute atomic E-state index is 0.0368. The molecule has 0 atom stereocenters. The lowest BCUT2D eigenvalue weighted by molar-refractivity contribution is -0.384. The number of nitrogens with zero attached hydrogens (tertiary/aromatic N) is 2. The molecule has 1 aliphatic heterocycles. The van der Waals surface area contributed by atoms with E-state index >= 15 is 0 Å². The van der Waals surface area contributed by atoms with Crippen molar-refractivity contribution in [1.82, 2.24) is 5.32 Å². The van der Waals surface area contributed by atoms with Crippen LogP contribution in [0.4, 0.5) is 16.2 Å². The number of imide groups is 2. The number of carbonyl (C=O) groups is 3. The molecule has 4 rings (SSSR count). The lowest BCUT2D eigenvalue weighted by Gasteiger charge is -2.26. The molecule has 9 nitrogen and oxygen atoms in total. The molecule has 1 N–H and O–H groups in total. The quantitative estimate of drug-likeness (QED) is 0.207. The van der Waals surface area contributed by atoms with Gasteiger partial charge in [-0.25, -0.2) is 9.69 Å². The van der Waals surface area contributed by atoms with Crippen molar-refractivity contribution in [3.05, 3.63) is 104 Å². The average molecular weight is 536 g/mol. The second kappa shape index (κ2) is 9.90. The van der Waals surface area contributed by atoms with E-state index in [2.05, 4.69) is 21.2 Å². The molecule has 0 bridgehead atoms. The molecule has 1 saturated heterocycles. The molecule has 0 spiro atoms. The third-order valence-electron chi connectivity index (χ3n) is 5.15. The van der Waals surface area contributed by atoms with E-state index in [-0.39, 0.29) is 23.6 Å². The van der Waals surface area contributed by atoms with Gasteiger partial charge in [-0.05, 0) is 42.8 Å². The number of nitro groups is 1. The summed E-state index contributed by atoms with van der Waals surface area (Å²) < 4.78 is 6.64. The highest BCUT2D eigenvalue weighted by Gasteiger charge is 2.37. The Balaban J connectivity index is 1.68. The number of nitro benzene ring substituents is 1. The van der Waals surface area contributed by atoms with Crippen molar-refractivity contribution in [2.45, 2.75) is 13.5 Å². The van der Waals surface area contributed by atoms with E-state index in [1.54, 1.807) is 18.2 Å². The maximum absolute atomic E-state index is 13.2. The standard InChI is InChI=1S/C25H18BrN3O6/c1-15-4-2-5-16(10-15)14-35-22-9-8-18(26)11-17(22)12-21-23(30)27-25(32)28(24(21)31)19-6-3-7-20(13-19)29(33)34/h2-13H,14H2,1H3,(H,27,30,32)/b21-12+. The molecule has 3 aromatic rings. The SMILES string of the molecule is Cc1cccc(COc2ccc(Br)cc2/C=C2\C(=O)NC(=O)N(c3cccc([N+](=O)[O-])c3)C2=O)c1. The van der Waals surface area contributed by atoms with Gasteiger partial charge in [0, 0.05) is 22.2 Å². The van der Waals surface area contributed by atoms with Gasteiger partial charge in [0.2, 0.25) is 0 Å². The van der Waals surface area contributed by atoms with Crippen LogP contribution < -0.4 is 15.0 Å². The second-order valence-electron chi connectivity index (χ2n) is 7.69. The second-order valence-corrected chi connectivity index (χ2v) is 8.61. The summed E-state index contributed by atoms with van der Waals surface area (Å²) in [6, 6.07) is 17.0. The van der Waals surface area contributed by atoms with Crippen molar-refractivity contribution in [3.8, 4) is 5.75 Å². The summed E-state index contributed by atoms with van der Waals surface area (Å²) in [6.07, 6.45) is 1.32. The van der Waals surface area contributed by atoms with Crippen LogP contribution in [0.3, 0.4) is 0 Å². The van der Waals surface area contributed by atoms with Gasteiger partial charge >= 0.3 is 6.03 Å². The molecule has 35 heavy (non-hydrogen) atoms. The van der Waals surface area contributed by atoms with Gasteiger partial charge in [0.05, 0.1) is 10.6 Å². The first-order valence-corrected chi connectivity index (χ1v) is 11.2. The van der Waals surface area contributed by atoms with Crippen molar-refractivity contribution in [2.24, 2.45) is 0 Å². The van der Waals surface area contributed by atoms with Crippen molar-refractivity contribution in [1.29, 1.82) is 0 Å². The summed E-state index contributed by atoms with van der Waals surface area (Å²) in [4.78, 5) is 49.4. The van der Waals surface area contributed by atoms with Crippen molar-refractivity contribution >= 4 is 51.2 Å². The number of barbiturate groups is 1. The molecule has 1 fully saturated rings. The Bertz CT molecular complexity index is 1400. The summed E-state index contributed by atoms with van der Waals surface area (Å²) in [6.45, 7) is 2.23. The minimum atomic E-state index is -0.997. The van der Waals surface area contributed by atoms with E-state index < -0.39 is 22.8 Å². The van der Waals surface area contributed by atoms with Gasteiger partial charge in [-0.1, -0.05) is 51.8 Å². The Kier molecular flexibility index (Phi) is 6.74.